The molecule has 24 heavy (non-hydrogen) atoms. The summed E-state index contributed by atoms with van der Waals surface area (Å²) >= 11 is 7.31. The van der Waals surface area contributed by atoms with Crippen molar-refractivity contribution in [2.24, 2.45) is 0 Å². The van der Waals surface area contributed by atoms with Gasteiger partial charge in [0.25, 0.3) is 0 Å². The summed E-state index contributed by atoms with van der Waals surface area (Å²) in [5.41, 5.74) is 2.86. The number of carbonyl (C=O) groups is 1. The van der Waals surface area contributed by atoms with Crippen molar-refractivity contribution in [2.75, 3.05) is 6.54 Å². The van der Waals surface area contributed by atoms with E-state index in [2.05, 4.69) is 26.3 Å². The van der Waals surface area contributed by atoms with Gasteiger partial charge in [0, 0.05) is 12.7 Å². The van der Waals surface area contributed by atoms with Crippen LogP contribution in [0.5, 0.6) is 0 Å². The predicted octanol–water partition coefficient (Wildman–Crippen LogP) is 4.10. The second-order valence-electron chi connectivity index (χ2n) is 5.98. The number of nitrogens with zero attached hydrogens (tertiary/aromatic N) is 2. The summed E-state index contributed by atoms with van der Waals surface area (Å²) in [5.74, 6) is 0.0304. The van der Waals surface area contributed by atoms with Crippen LogP contribution in [-0.2, 0) is 4.79 Å². The van der Waals surface area contributed by atoms with Gasteiger partial charge < -0.3 is 10.3 Å². The van der Waals surface area contributed by atoms with E-state index in [4.69, 9.17) is 11.6 Å². The molecule has 0 fully saturated rings. The smallest absolute Gasteiger partial charge is 0.233 e. The van der Waals surface area contributed by atoms with Crippen LogP contribution < -0.4 is 5.32 Å². The van der Waals surface area contributed by atoms with Crippen molar-refractivity contribution < 1.29 is 4.79 Å². The van der Waals surface area contributed by atoms with Crippen molar-refractivity contribution in [3.8, 4) is 0 Å². The number of amides is 1. The van der Waals surface area contributed by atoms with Crippen molar-refractivity contribution in [1.29, 1.82) is 0 Å². The number of carbonyl (C=O) groups excluding carboxylic acids is 1. The lowest BCUT2D eigenvalue weighted by molar-refractivity contribution is -0.120. The van der Waals surface area contributed by atoms with Crippen LogP contribution in [0, 0.1) is 0 Å². The van der Waals surface area contributed by atoms with E-state index in [1.54, 1.807) is 12.3 Å². The fourth-order valence-corrected chi connectivity index (χ4v) is 3.74. The van der Waals surface area contributed by atoms with E-state index in [0.717, 1.165) is 11.9 Å². The molecule has 0 aromatic carbocycles. The molecule has 5 nitrogen and oxygen atoms in total. The van der Waals surface area contributed by atoms with E-state index < -0.39 is 0 Å². The molecule has 0 saturated heterocycles. The molecule has 3 rings (SSSR count). The molecular weight excluding hydrogens is 344 g/mol. The first-order valence-corrected chi connectivity index (χ1v) is 9.51. The first-order chi connectivity index (χ1) is 11.6. The first kappa shape index (κ1) is 17.3. The Morgan fingerprint density at radius 1 is 1.50 bits per heavy atom. The third-order valence-electron chi connectivity index (χ3n) is 4.07. The predicted molar refractivity (Wildman–Crippen MR) is 98.4 cm³/mol. The number of aromatic amines is 1. The molecule has 2 heterocycles. The molecule has 2 N–H and O–H groups in total. The average molecular weight is 365 g/mol. The second-order valence-corrected chi connectivity index (χ2v) is 7.74. The molecule has 0 radical (unpaired) electrons. The zero-order valence-corrected chi connectivity index (χ0v) is 15.2. The van der Waals surface area contributed by atoms with Gasteiger partial charge in [0.1, 0.15) is 0 Å². The lowest BCUT2D eigenvalue weighted by Crippen LogP contribution is -2.31. The Bertz CT molecular complexity index is 758. The number of H-pyrrole nitrogens is 1. The van der Waals surface area contributed by atoms with Gasteiger partial charge in [-0.2, -0.15) is 0 Å². The summed E-state index contributed by atoms with van der Waals surface area (Å²) in [6.45, 7) is 2.58. The lowest BCUT2D eigenvalue weighted by atomic mass is 9.97. The van der Waals surface area contributed by atoms with Crippen LogP contribution in [-0.4, -0.2) is 32.7 Å². The summed E-state index contributed by atoms with van der Waals surface area (Å²) < 4.78 is 0. The Labute approximate surface area is 150 Å². The Balaban J connectivity index is 1.50. The fourth-order valence-electron chi connectivity index (χ4n) is 2.75. The molecule has 0 spiro atoms. The zero-order valence-electron chi connectivity index (χ0n) is 13.6. The molecular formula is C17H21ClN4OS. The van der Waals surface area contributed by atoms with Gasteiger partial charge in [0.05, 0.1) is 15.8 Å². The van der Waals surface area contributed by atoms with Crippen LogP contribution in [0.2, 0.25) is 5.02 Å². The molecule has 2 aromatic heterocycles. The maximum Gasteiger partial charge on any atom is 0.233 e. The Morgan fingerprint density at radius 3 is 3.17 bits per heavy atom. The number of hydrogen-bond acceptors (Lipinski definition) is 4. The highest BCUT2D eigenvalue weighted by Gasteiger charge is 2.17. The quantitative estimate of drug-likeness (QED) is 0.598. The molecule has 0 aliphatic heterocycles. The molecule has 0 saturated carbocycles. The van der Waals surface area contributed by atoms with Crippen molar-refractivity contribution in [3.05, 3.63) is 28.9 Å². The molecule has 1 aliphatic carbocycles. The Morgan fingerprint density at radius 2 is 2.38 bits per heavy atom. The van der Waals surface area contributed by atoms with Crippen LogP contribution in [0.15, 0.2) is 29.1 Å². The summed E-state index contributed by atoms with van der Waals surface area (Å²) in [6, 6.07) is 1.78. The topological polar surface area (TPSA) is 70.7 Å². The second kappa shape index (κ2) is 8.03. The fraction of sp³-hybridized carbons (Fsp3) is 0.471. The average Bonchev–Trinajstić information content (AvgIpc) is 2.97. The van der Waals surface area contributed by atoms with Gasteiger partial charge in [-0.25, -0.2) is 9.97 Å². The largest absolute Gasteiger partial charge is 0.355 e. The SMILES string of the molecule is C[C@H](Sc1nc2ncc(Cl)cc2[nH]1)C(=O)NCCC1=CCCCC1. The van der Waals surface area contributed by atoms with Crippen molar-refractivity contribution in [1.82, 2.24) is 20.3 Å². The number of pyridine rings is 1. The first-order valence-electron chi connectivity index (χ1n) is 8.25. The maximum absolute atomic E-state index is 12.2. The van der Waals surface area contributed by atoms with Crippen LogP contribution >= 0.6 is 23.4 Å². The van der Waals surface area contributed by atoms with Gasteiger partial charge in [-0.3, -0.25) is 4.79 Å². The van der Waals surface area contributed by atoms with Crippen LogP contribution in [0.4, 0.5) is 0 Å². The third-order valence-corrected chi connectivity index (χ3v) is 5.26. The number of hydrogen-bond donors (Lipinski definition) is 2. The molecule has 7 heteroatoms. The molecule has 0 bridgehead atoms. The van der Waals surface area contributed by atoms with Crippen molar-refractivity contribution in [2.45, 2.75) is 49.4 Å². The number of fused-ring (bicyclic) bond motifs is 1. The number of rotatable bonds is 6. The highest BCUT2D eigenvalue weighted by molar-refractivity contribution is 8.00. The van der Waals surface area contributed by atoms with Gasteiger partial charge in [0.2, 0.25) is 5.91 Å². The Hall–Kier alpha value is -1.53. The minimum absolute atomic E-state index is 0.0304. The van der Waals surface area contributed by atoms with Gasteiger partial charge in [-0.1, -0.05) is 35.0 Å². The van der Waals surface area contributed by atoms with Crippen LogP contribution in [0.3, 0.4) is 0 Å². The molecule has 2 aromatic rings. The Kier molecular flexibility index (Phi) is 5.79. The standard InChI is InChI=1S/C17H21ClN4OS/c1-11(16(23)19-8-7-12-5-3-2-4-6-12)24-17-21-14-9-13(18)10-20-15(14)22-17/h5,9-11H,2-4,6-8H2,1H3,(H,19,23)(H,20,21,22)/t11-/m0/s1. The molecule has 0 unspecified atom stereocenters. The third kappa shape index (κ3) is 4.51. The van der Waals surface area contributed by atoms with Gasteiger partial charge in [-0.05, 0) is 45.1 Å². The highest BCUT2D eigenvalue weighted by Crippen LogP contribution is 2.24. The molecule has 1 atom stereocenters. The summed E-state index contributed by atoms with van der Waals surface area (Å²) in [4.78, 5) is 23.9. The summed E-state index contributed by atoms with van der Waals surface area (Å²) in [7, 11) is 0. The van der Waals surface area contributed by atoms with E-state index in [9.17, 15) is 4.79 Å². The van der Waals surface area contributed by atoms with E-state index in [1.807, 2.05) is 6.92 Å². The number of imidazole rings is 1. The highest BCUT2D eigenvalue weighted by atomic mass is 35.5. The van der Waals surface area contributed by atoms with E-state index in [1.165, 1.54) is 43.0 Å². The number of thioether (sulfide) groups is 1. The van der Waals surface area contributed by atoms with Gasteiger partial charge in [-0.15, -0.1) is 0 Å². The van der Waals surface area contributed by atoms with Crippen molar-refractivity contribution >= 4 is 40.4 Å². The normalized spacial score (nSPS) is 16.0. The summed E-state index contributed by atoms with van der Waals surface area (Å²) in [5, 5.41) is 4.03. The molecule has 1 aliphatic rings. The number of aromatic nitrogens is 3. The number of nitrogens with one attached hydrogen (secondary N) is 2. The van der Waals surface area contributed by atoms with Crippen molar-refractivity contribution in [3.63, 3.8) is 0 Å². The minimum Gasteiger partial charge on any atom is -0.355 e. The maximum atomic E-state index is 12.2. The summed E-state index contributed by atoms with van der Waals surface area (Å²) in [6.07, 6.45) is 9.76. The molecule has 1 amide bonds. The van der Waals surface area contributed by atoms with Crippen LogP contribution in [0.1, 0.15) is 39.0 Å². The van der Waals surface area contributed by atoms with Gasteiger partial charge in [0.15, 0.2) is 10.8 Å². The van der Waals surface area contributed by atoms with E-state index in [-0.39, 0.29) is 11.2 Å². The number of allylic oxidation sites excluding steroid dienone is 1. The van der Waals surface area contributed by atoms with Gasteiger partial charge >= 0.3 is 0 Å². The molecule has 128 valence electrons. The lowest BCUT2D eigenvalue weighted by Gasteiger charge is -2.14. The monoisotopic (exact) mass is 364 g/mol. The number of halogens is 1. The van der Waals surface area contributed by atoms with Crippen LogP contribution in [0.25, 0.3) is 11.2 Å². The van der Waals surface area contributed by atoms with E-state index >= 15 is 0 Å². The minimum atomic E-state index is -0.221. The zero-order chi connectivity index (χ0) is 16.9. The van der Waals surface area contributed by atoms with E-state index in [0.29, 0.717) is 22.4 Å².